The third kappa shape index (κ3) is 3.97. The maximum atomic E-state index is 13.0. The van der Waals surface area contributed by atoms with E-state index in [-0.39, 0.29) is 27.5 Å². The van der Waals surface area contributed by atoms with Crippen LogP contribution >= 0.6 is 11.3 Å². The van der Waals surface area contributed by atoms with Crippen molar-refractivity contribution in [2.75, 3.05) is 11.3 Å². The van der Waals surface area contributed by atoms with E-state index in [1.165, 1.54) is 12.1 Å². The van der Waals surface area contributed by atoms with Crippen molar-refractivity contribution in [1.82, 2.24) is 0 Å². The van der Waals surface area contributed by atoms with Gasteiger partial charge >= 0.3 is 12.1 Å². The smallest absolute Gasteiger partial charge is 0.416 e. The summed E-state index contributed by atoms with van der Waals surface area (Å²) in [5.41, 5.74) is -1.26. The fraction of sp³-hybridized carbons (Fsp3) is 0.167. The molecule has 0 aliphatic heterocycles. The Labute approximate surface area is 162 Å². The van der Waals surface area contributed by atoms with E-state index in [0.717, 1.165) is 23.5 Å². The van der Waals surface area contributed by atoms with E-state index in [1.807, 2.05) is 0 Å². The number of rotatable bonds is 5. The lowest BCUT2D eigenvalue weighted by Gasteiger charge is -2.12. The van der Waals surface area contributed by atoms with Gasteiger partial charge in [-0.1, -0.05) is 24.3 Å². The number of ether oxygens (including phenoxy) is 1. The van der Waals surface area contributed by atoms with Crippen LogP contribution in [0.5, 0.6) is 0 Å². The summed E-state index contributed by atoms with van der Waals surface area (Å²) in [6.45, 7) is 1.63. The van der Waals surface area contributed by atoms with E-state index in [2.05, 4.69) is 4.72 Å². The first kappa shape index (κ1) is 20.2. The predicted molar refractivity (Wildman–Crippen MR) is 100 cm³/mol. The molecule has 0 bridgehead atoms. The van der Waals surface area contributed by atoms with Gasteiger partial charge in [0.2, 0.25) is 0 Å². The first-order valence-electron chi connectivity index (χ1n) is 8.02. The Morgan fingerprint density at radius 3 is 2.54 bits per heavy atom. The van der Waals surface area contributed by atoms with E-state index >= 15 is 0 Å². The number of carbonyl (C=O) groups is 1. The van der Waals surface area contributed by atoms with Crippen molar-refractivity contribution in [2.24, 2.45) is 0 Å². The third-order valence-corrected chi connectivity index (χ3v) is 6.47. The molecule has 1 heterocycles. The largest absolute Gasteiger partial charge is 0.462 e. The summed E-state index contributed by atoms with van der Waals surface area (Å²) in [6, 6.07) is 10.3. The highest BCUT2D eigenvalue weighted by atomic mass is 32.2. The topological polar surface area (TPSA) is 72.5 Å². The first-order chi connectivity index (χ1) is 13.1. The third-order valence-electron chi connectivity index (χ3n) is 3.72. The molecule has 148 valence electrons. The number of benzene rings is 2. The molecule has 0 unspecified atom stereocenters. The van der Waals surface area contributed by atoms with Gasteiger partial charge in [-0.2, -0.15) is 13.2 Å². The summed E-state index contributed by atoms with van der Waals surface area (Å²) in [5.74, 6) is -0.812. The number of hydrogen-bond donors (Lipinski definition) is 1. The summed E-state index contributed by atoms with van der Waals surface area (Å²) < 4.78 is 72.3. The number of carbonyl (C=O) groups excluding carboxylic acids is 1. The molecule has 28 heavy (non-hydrogen) atoms. The van der Waals surface area contributed by atoms with Gasteiger partial charge in [0.1, 0.15) is 9.77 Å². The monoisotopic (exact) mass is 429 g/mol. The number of alkyl halides is 3. The van der Waals surface area contributed by atoms with Crippen LogP contribution in [0.4, 0.5) is 18.9 Å². The van der Waals surface area contributed by atoms with Gasteiger partial charge in [-0.25, -0.2) is 13.2 Å². The number of fused-ring (bicyclic) bond motifs is 1. The number of sulfonamides is 1. The molecular weight excluding hydrogens is 415 g/mol. The Morgan fingerprint density at radius 2 is 1.86 bits per heavy atom. The van der Waals surface area contributed by atoms with Gasteiger partial charge in [0.05, 0.1) is 12.2 Å². The van der Waals surface area contributed by atoms with E-state index in [4.69, 9.17) is 4.74 Å². The zero-order valence-corrected chi connectivity index (χ0v) is 16.0. The van der Waals surface area contributed by atoms with Gasteiger partial charge in [0.15, 0.2) is 0 Å². The van der Waals surface area contributed by atoms with Gasteiger partial charge in [0, 0.05) is 15.8 Å². The highest BCUT2D eigenvalue weighted by Gasteiger charge is 2.32. The first-order valence-corrected chi connectivity index (χ1v) is 10.3. The van der Waals surface area contributed by atoms with Crippen LogP contribution in [0.15, 0.2) is 53.4 Å². The maximum absolute atomic E-state index is 13.0. The molecule has 3 aromatic rings. The van der Waals surface area contributed by atoms with Crippen LogP contribution in [-0.4, -0.2) is 21.0 Å². The summed E-state index contributed by atoms with van der Waals surface area (Å²) in [7, 11) is -4.36. The zero-order chi connectivity index (χ0) is 20.5. The quantitative estimate of drug-likeness (QED) is 0.586. The normalized spacial score (nSPS) is 12.1. The molecule has 0 saturated carbocycles. The molecule has 3 rings (SSSR count). The molecule has 1 aromatic heterocycles. The number of thiophene rings is 1. The lowest BCUT2D eigenvalue weighted by atomic mass is 10.2. The Bertz CT molecular complexity index is 1140. The second kappa shape index (κ2) is 7.44. The van der Waals surface area contributed by atoms with E-state index in [9.17, 15) is 26.4 Å². The average Bonchev–Trinajstić information content (AvgIpc) is 3.01. The standard InChI is InChI=1S/C18H14F3NO4S2/c1-2-26-17(23)15-16(13-8-3-4-9-14(13)27-15)28(24,25)22-12-7-5-6-11(10-12)18(19,20)21/h3-10,22H,2H2,1H3. The maximum Gasteiger partial charge on any atom is 0.416 e. The number of hydrogen-bond acceptors (Lipinski definition) is 5. The lowest BCUT2D eigenvalue weighted by Crippen LogP contribution is -2.17. The minimum absolute atomic E-state index is 0.0492. The molecule has 0 atom stereocenters. The summed E-state index contributed by atoms with van der Waals surface area (Å²) >= 11 is 0.943. The van der Waals surface area contributed by atoms with Gasteiger partial charge < -0.3 is 4.74 Å². The van der Waals surface area contributed by atoms with Crippen LogP contribution in [0.2, 0.25) is 0 Å². The number of halogens is 3. The van der Waals surface area contributed by atoms with Crippen molar-refractivity contribution in [3.63, 3.8) is 0 Å². The second-order valence-electron chi connectivity index (χ2n) is 5.66. The number of anilines is 1. The van der Waals surface area contributed by atoms with Crippen molar-refractivity contribution in [3.05, 3.63) is 59.0 Å². The van der Waals surface area contributed by atoms with E-state index < -0.39 is 27.7 Å². The Hall–Kier alpha value is -2.59. The SMILES string of the molecule is CCOC(=O)c1sc2ccccc2c1S(=O)(=O)Nc1cccc(C(F)(F)F)c1. The molecule has 5 nitrogen and oxygen atoms in total. The minimum atomic E-state index is -4.62. The minimum Gasteiger partial charge on any atom is -0.462 e. The molecule has 1 N–H and O–H groups in total. The molecule has 0 aliphatic rings. The zero-order valence-electron chi connectivity index (χ0n) is 14.4. The average molecular weight is 429 g/mol. The van der Waals surface area contributed by atoms with Crippen molar-refractivity contribution in [1.29, 1.82) is 0 Å². The molecule has 0 spiro atoms. The summed E-state index contributed by atoms with van der Waals surface area (Å²) in [4.78, 5) is 11.8. The van der Waals surface area contributed by atoms with Gasteiger partial charge in [-0.3, -0.25) is 4.72 Å². The molecule has 0 aliphatic carbocycles. The second-order valence-corrected chi connectivity index (χ2v) is 8.33. The molecule has 0 fully saturated rings. The number of nitrogens with one attached hydrogen (secondary N) is 1. The van der Waals surface area contributed by atoms with Gasteiger partial charge in [0.25, 0.3) is 10.0 Å². The van der Waals surface area contributed by atoms with Crippen molar-refractivity contribution >= 4 is 43.1 Å². The van der Waals surface area contributed by atoms with Crippen LogP contribution in [0.1, 0.15) is 22.2 Å². The van der Waals surface area contributed by atoms with Crippen LogP contribution in [0.3, 0.4) is 0 Å². The highest BCUT2D eigenvalue weighted by Crippen LogP contribution is 2.37. The van der Waals surface area contributed by atoms with Crippen molar-refractivity contribution in [2.45, 2.75) is 18.0 Å². The summed E-state index contributed by atoms with van der Waals surface area (Å²) in [5, 5.41) is 0.287. The molecular formula is C18H14F3NO4S2. The highest BCUT2D eigenvalue weighted by molar-refractivity contribution is 7.93. The van der Waals surface area contributed by atoms with E-state index in [0.29, 0.717) is 10.8 Å². The van der Waals surface area contributed by atoms with Crippen LogP contribution in [0.25, 0.3) is 10.1 Å². The van der Waals surface area contributed by atoms with Crippen LogP contribution in [-0.2, 0) is 20.9 Å². The molecule has 0 radical (unpaired) electrons. The molecule has 10 heteroatoms. The number of esters is 1. The lowest BCUT2D eigenvalue weighted by molar-refractivity contribution is -0.137. The predicted octanol–water partition coefficient (Wildman–Crippen LogP) is 4.90. The van der Waals surface area contributed by atoms with Crippen LogP contribution < -0.4 is 4.72 Å². The molecule has 2 aromatic carbocycles. The van der Waals surface area contributed by atoms with Crippen LogP contribution in [0, 0.1) is 0 Å². The fourth-order valence-corrected chi connectivity index (χ4v) is 5.43. The Kier molecular flexibility index (Phi) is 5.35. The fourth-order valence-electron chi connectivity index (χ4n) is 2.58. The van der Waals surface area contributed by atoms with Crippen molar-refractivity contribution < 1.29 is 31.1 Å². The van der Waals surface area contributed by atoms with Crippen molar-refractivity contribution in [3.8, 4) is 0 Å². The van der Waals surface area contributed by atoms with E-state index in [1.54, 1.807) is 25.1 Å². The Morgan fingerprint density at radius 1 is 1.14 bits per heavy atom. The Balaban J connectivity index is 2.10. The molecule has 0 saturated heterocycles. The van der Waals surface area contributed by atoms with Gasteiger partial charge in [-0.15, -0.1) is 11.3 Å². The van der Waals surface area contributed by atoms with Gasteiger partial charge in [-0.05, 0) is 31.2 Å². The summed E-state index contributed by atoms with van der Waals surface area (Å²) in [6.07, 6.45) is -4.62. The molecule has 0 amide bonds.